The number of piperidine rings is 1. The molecule has 1 aliphatic rings. The van der Waals surface area contributed by atoms with Gasteiger partial charge in [0.25, 0.3) is 0 Å². The molecule has 0 atom stereocenters. The second-order valence-corrected chi connectivity index (χ2v) is 4.42. The Morgan fingerprint density at radius 2 is 1.76 bits per heavy atom. The highest BCUT2D eigenvalue weighted by atomic mass is 16.5. The lowest BCUT2D eigenvalue weighted by Gasteiger charge is -2.24. The summed E-state index contributed by atoms with van der Waals surface area (Å²) in [5, 5.41) is 3.38. The summed E-state index contributed by atoms with van der Waals surface area (Å²) in [6.07, 6.45) is 6.97. The molecule has 1 fully saturated rings. The zero-order valence-corrected chi connectivity index (χ0v) is 10.5. The summed E-state index contributed by atoms with van der Waals surface area (Å²) in [4.78, 5) is 4.12. The van der Waals surface area contributed by atoms with Gasteiger partial charge < -0.3 is 14.8 Å². The van der Waals surface area contributed by atoms with Crippen LogP contribution in [0.5, 0.6) is 11.5 Å². The quantitative estimate of drug-likeness (QED) is 0.863. The molecule has 0 amide bonds. The fraction of sp³-hybridized carbons (Fsp3) is 0.615. The van der Waals surface area contributed by atoms with Crippen LogP contribution < -0.4 is 14.8 Å². The van der Waals surface area contributed by atoms with E-state index in [-0.39, 0.29) is 0 Å². The Hall–Kier alpha value is -1.29. The van der Waals surface area contributed by atoms with E-state index in [0.717, 1.165) is 36.6 Å². The molecule has 0 radical (unpaired) electrons. The van der Waals surface area contributed by atoms with Crippen LogP contribution in [0.4, 0.5) is 0 Å². The normalized spacial score (nSPS) is 16.8. The van der Waals surface area contributed by atoms with E-state index < -0.39 is 0 Å². The first-order valence-electron chi connectivity index (χ1n) is 6.10. The number of rotatable bonds is 4. The molecule has 94 valence electrons. The highest BCUT2D eigenvalue weighted by molar-refractivity contribution is 5.42. The SMILES string of the molecule is COc1cncc(OC)c1CC1CCNCC1. The third-order valence-corrected chi connectivity index (χ3v) is 3.37. The first kappa shape index (κ1) is 12.2. The van der Waals surface area contributed by atoms with Gasteiger partial charge in [-0.05, 0) is 38.3 Å². The van der Waals surface area contributed by atoms with Crippen LogP contribution in [-0.4, -0.2) is 32.3 Å². The smallest absolute Gasteiger partial charge is 0.144 e. The summed E-state index contributed by atoms with van der Waals surface area (Å²) in [5.41, 5.74) is 1.15. The standard InChI is InChI=1S/C13H20N2O2/c1-16-12-8-15-9-13(17-2)11(12)7-10-3-5-14-6-4-10/h8-10,14H,3-7H2,1-2H3. The van der Waals surface area contributed by atoms with Crippen LogP contribution in [0.25, 0.3) is 0 Å². The predicted octanol–water partition coefficient (Wildman–Crippen LogP) is 1.64. The molecule has 0 aromatic carbocycles. The van der Waals surface area contributed by atoms with E-state index in [4.69, 9.17) is 9.47 Å². The lowest BCUT2D eigenvalue weighted by molar-refractivity contribution is 0.345. The van der Waals surface area contributed by atoms with Crippen LogP contribution >= 0.6 is 0 Å². The van der Waals surface area contributed by atoms with Crippen molar-refractivity contribution < 1.29 is 9.47 Å². The van der Waals surface area contributed by atoms with Crippen molar-refractivity contribution in [3.05, 3.63) is 18.0 Å². The molecule has 1 aliphatic heterocycles. The summed E-state index contributed by atoms with van der Waals surface area (Å²) in [7, 11) is 3.37. The molecular formula is C13H20N2O2. The van der Waals surface area contributed by atoms with Gasteiger partial charge in [-0.2, -0.15) is 0 Å². The van der Waals surface area contributed by atoms with Crippen LogP contribution in [0.2, 0.25) is 0 Å². The maximum absolute atomic E-state index is 5.37. The average Bonchev–Trinajstić information content (AvgIpc) is 2.40. The topological polar surface area (TPSA) is 43.4 Å². The fourth-order valence-electron chi connectivity index (χ4n) is 2.38. The minimum absolute atomic E-state index is 0.710. The van der Waals surface area contributed by atoms with Crippen molar-refractivity contribution in [2.75, 3.05) is 27.3 Å². The van der Waals surface area contributed by atoms with Gasteiger partial charge in [0.1, 0.15) is 11.5 Å². The van der Waals surface area contributed by atoms with Gasteiger partial charge in [0.05, 0.1) is 26.6 Å². The second-order valence-electron chi connectivity index (χ2n) is 4.42. The second kappa shape index (κ2) is 5.87. The van der Waals surface area contributed by atoms with Crippen molar-refractivity contribution >= 4 is 0 Å². The van der Waals surface area contributed by atoms with Crippen LogP contribution in [0.3, 0.4) is 0 Å². The van der Waals surface area contributed by atoms with Crippen molar-refractivity contribution in [3.63, 3.8) is 0 Å². The van der Waals surface area contributed by atoms with Gasteiger partial charge in [0.15, 0.2) is 0 Å². The van der Waals surface area contributed by atoms with Crippen molar-refractivity contribution in [2.24, 2.45) is 5.92 Å². The molecule has 1 N–H and O–H groups in total. The first-order chi connectivity index (χ1) is 8.35. The van der Waals surface area contributed by atoms with Crippen molar-refractivity contribution in [1.29, 1.82) is 0 Å². The monoisotopic (exact) mass is 236 g/mol. The van der Waals surface area contributed by atoms with Gasteiger partial charge in [0, 0.05) is 5.56 Å². The number of pyridine rings is 1. The molecule has 17 heavy (non-hydrogen) atoms. The minimum atomic E-state index is 0.710. The van der Waals surface area contributed by atoms with Gasteiger partial charge in [-0.1, -0.05) is 0 Å². The number of nitrogens with one attached hydrogen (secondary N) is 1. The van der Waals surface area contributed by atoms with E-state index in [2.05, 4.69) is 10.3 Å². The number of aromatic nitrogens is 1. The van der Waals surface area contributed by atoms with Gasteiger partial charge in [-0.25, -0.2) is 0 Å². The van der Waals surface area contributed by atoms with E-state index in [1.54, 1.807) is 26.6 Å². The summed E-state index contributed by atoms with van der Waals surface area (Å²) in [5.74, 6) is 2.38. The molecule has 0 saturated carbocycles. The fourth-order valence-corrected chi connectivity index (χ4v) is 2.38. The number of hydrogen-bond acceptors (Lipinski definition) is 4. The Kier molecular flexibility index (Phi) is 4.20. The lowest BCUT2D eigenvalue weighted by atomic mass is 9.90. The number of hydrogen-bond donors (Lipinski definition) is 1. The Bertz CT molecular complexity index is 340. The molecule has 1 aromatic rings. The third kappa shape index (κ3) is 2.88. The largest absolute Gasteiger partial charge is 0.495 e. The molecule has 0 bridgehead atoms. The highest BCUT2D eigenvalue weighted by Crippen LogP contribution is 2.31. The molecule has 0 spiro atoms. The summed E-state index contributed by atoms with van der Waals surface area (Å²) >= 11 is 0. The third-order valence-electron chi connectivity index (χ3n) is 3.37. The molecule has 0 aliphatic carbocycles. The zero-order chi connectivity index (χ0) is 12.1. The van der Waals surface area contributed by atoms with Crippen LogP contribution in [0, 0.1) is 5.92 Å². The minimum Gasteiger partial charge on any atom is -0.495 e. The summed E-state index contributed by atoms with van der Waals surface area (Å²) in [6.45, 7) is 2.22. The average molecular weight is 236 g/mol. The van der Waals surface area contributed by atoms with E-state index >= 15 is 0 Å². The molecule has 4 nitrogen and oxygen atoms in total. The summed E-state index contributed by atoms with van der Waals surface area (Å²) < 4.78 is 10.7. The number of ether oxygens (including phenoxy) is 2. The van der Waals surface area contributed by atoms with E-state index in [9.17, 15) is 0 Å². The number of nitrogens with zero attached hydrogens (tertiary/aromatic N) is 1. The van der Waals surface area contributed by atoms with E-state index in [1.807, 2.05) is 0 Å². The first-order valence-corrected chi connectivity index (χ1v) is 6.10. The molecule has 2 heterocycles. The van der Waals surface area contributed by atoms with Gasteiger partial charge in [-0.15, -0.1) is 0 Å². The molecule has 0 unspecified atom stereocenters. The van der Waals surface area contributed by atoms with Crippen LogP contribution in [0.1, 0.15) is 18.4 Å². The maximum atomic E-state index is 5.37. The zero-order valence-electron chi connectivity index (χ0n) is 10.5. The lowest BCUT2D eigenvalue weighted by Crippen LogP contribution is -2.28. The summed E-state index contributed by atoms with van der Waals surface area (Å²) in [6, 6.07) is 0. The van der Waals surface area contributed by atoms with Crippen molar-refractivity contribution in [1.82, 2.24) is 10.3 Å². The predicted molar refractivity (Wildman–Crippen MR) is 66.6 cm³/mol. The van der Waals surface area contributed by atoms with E-state index in [0.29, 0.717) is 5.92 Å². The van der Waals surface area contributed by atoms with Crippen LogP contribution in [-0.2, 0) is 6.42 Å². The molecule has 2 rings (SSSR count). The Labute approximate surface area is 102 Å². The molecular weight excluding hydrogens is 216 g/mol. The highest BCUT2D eigenvalue weighted by Gasteiger charge is 2.18. The van der Waals surface area contributed by atoms with Crippen molar-refractivity contribution in [2.45, 2.75) is 19.3 Å². The molecule has 1 saturated heterocycles. The van der Waals surface area contributed by atoms with Gasteiger partial charge >= 0.3 is 0 Å². The maximum Gasteiger partial charge on any atom is 0.144 e. The van der Waals surface area contributed by atoms with Crippen molar-refractivity contribution in [3.8, 4) is 11.5 Å². The molecule has 1 aromatic heterocycles. The van der Waals surface area contributed by atoms with Gasteiger partial charge in [-0.3, -0.25) is 4.98 Å². The Morgan fingerprint density at radius 3 is 2.29 bits per heavy atom. The van der Waals surface area contributed by atoms with Gasteiger partial charge in [0.2, 0.25) is 0 Å². The van der Waals surface area contributed by atoms with E-state index in [1.165, 1.54) is 12.8 Å². The Balaban J connectivity index is 2.16. The Morgan fingerprint density at radius 1 is 1.18 bits per heavy atom. The molecule has 4 heteroatoms. The number of methoxy groups -OCH3 is 2. The van der Waals surface area contributed by atoms with Crippen LogP contribution in [0.15, 0.2) is 12.4 Å².